The molecule has 0 fully saturated rings. The van der Waals surface area contributed by atoms with Crippen molar-refractivity contribution in [2.75, 3.05) is 51.4 Å². The van der Waals surface area contributed by atoms with Gasteiger partial charge in [-0.2, -0.15) is 0 Å². The average Bonchev–Trinajstić information content (AvgIpc) is 3.07. The molecule has 2 aromatic rings. The molecule has 1 unspecified atom stereocenters. The molecule has 37 heavy (non-hydrogen) atoms. The van der Waals surface area contributed by atoms with Crippen LogP contribution in [0, 0.1) is 12.7 Å². The molecule has 0 radical (unpaired) electrons. The van der Waals surface area contributed by atoms with E-state index in [4.69, 9.17) is 19.3 Å². The van der Waals surface area contributed by atoms with Crippen molar-refractivity contribution >= 4 is 17.6 Å². The fraction of sp³-hybridized carbons (Fsp3) is 0.407. The summed E-state index contributed by atoms with van der Waals surface area (Å²) in [4.78, 5) is 26.7. The minimum absolute atomic E-state index is 0.221. The van der Waals surface area contributed by atoms with Gasteiger partial charge in [0.15, 0.2) is 0 Å². The van der Waals surface area contributed by atoms with Crippen LogP contribution in [-0.4, -0.2) is 79.7 Å². The number of nitrogens with zero attached hydrogens (tertiary/aromatic N) is 2. The smallest absolute Gasteiger partial charge is 0.352 e. The summed E-state index contributed by atoms with van der Waals surface area (Å²) < 4.78 is 30.8. The fourth-order valence-corrected chi connectivity index (χ4v) is 5.04. The van der Waals surface area contributed by atoms with Crippen LogP contribution in [-0.2, 0) is 27.2 Å². The summed E-state index contributed by atoms with van der Waals surface area (Å²) >= 11 is 0. The lowest BCUT2D eigenvalue weighted by atomic mass is 9.94. The Bertz CT molecular complexity index is 1180. The van der Waals surface area contributed by atoms with Crippen molar-refractivity contribution < 1.29 is 38.4 Å². The summed E-state index contributed by atoms with van der Waals surface area (Å²) in [6, 6.07) is 7.90. The van der Waals surface area contributed by atoms with E-state index in [1.165, 1.54) is 12.1 Å². The Morgan fingerprint density at radius 2 is 1.89 bits per heavy atom. The number of halogens is 1. The van der Waals surface area contributed by atoms with Gasteiger partial charge in [0.25, 0.3) is 0 Å². The molecule has 1 atom stereocenters. The van der Waals surface area contributed by atoms with Gasteiger partial charge in [0.05, 0.1) is 31.5 Å². The van der Waals surface area contributed by atoms with Crippen LogP contribution in [0.3, 0.4) is 0 Å². The second-order valence-corrected chi connectivity index (χ2v) is 9.09. The number of rotatable bonds is 9. The standard InChI is InChI=1S/C27H31FN2O7/c1-17-22-8-10-29(23(27(33)34)14-25(31)32)9-7-18(22)13-24-26(17)30(11-12-36-24)15-21(16-35-2)37-20-5-3-19(28)4-6-20/h3-6,13-14,21H,7-12,15-16H2,1-2H3,(H,31,32)(H,33,34)/b23-14-. The van der Waals surface area contributed by atoms with Gasteiger partial charge < -0.3 is 34.2 Å². The molecule has 0 aliphatic carbocycles. The average molecular weight is 515 g/mol. The van der Waals surface area contributed by atoms with E-state index >= 15 is 0 Å². The van der Waals surface area contributed by atoms with Crippen LogP contribution in [0.1, 0.15) is 16.7 Å². The van der Waals surface area contributed by atoms with Crippen LogP contribution in [0.4, 0.5) is 10.1 Å². The van der Waals surface area contributed by atoms with E-state index in [0.29, 0.717) is 58.0 Å². The third-order valence-corrected chi connectivity index (χ3v) is 6.66. The summed E-state index contributed by atoms with van der Waals surface area (Å²) in [6.45, 7) is 4.83. The molecule has 4 rings (SSSR count). The largest absolute Gasteiger partial charge is 0.490 e. The highest BCUT2D eigenvalue weighted by molar-refractivity contribution is 5.94. The Labute approximate surface area is 214 Å². The number of fused-ring (bicyclic) bond motifs is 2. The number of hydrogen-bond donors (Lipinski definition) is 2. The number of anilines is 1. The molecule has 2 heterocycles. The summed E-state index contributed by atoms with van der Waals surface area (Å²) in [5.41, 5.74) is 3.96. The van der Waals surface area contributed by atoms with E-state index in [1.807, 2.05) is 13.0 Å². The predicted molar refractivity (Wildman–Crippen MR) is 134 cm³/mol. The van der Waals surface area contributed by atoms with Crippen LogP contribution in [0.2, 0.25) is 0 Å². The van der Waals surface area contributed by atoms with Gasteiger partial charge in [-0.3, -0.25) is 0 Å². The minimum Gasteiger partial charge on any atom is -0.490 e. The van der Waals surface area contributed by atoms with Crippen molar-refractivity contribution in [3.05, 3.63) is 64.6 Å². The highest BCUT2D eigenvalue weighted by Crippen LogP contribution is 2.40. The maximum absolute atomic E-state index is 13.3. The van der Waals surface area contributed by atoms with Gasteiger partial charge in [-0.25, -0.2) is 14.0 Å². The molecule has 10 heteroatoms. The van der Waals surface area contributed by atoms with E-state index in [9.17, 15) is 19.1 Å². The SMILES string of the molecule is COCC(CN1CCOc2cc3c(c(C)c21)CCN(/C(=C\C(=O)O)C(=O)O)CC3)Oc1ccc(F)cc1. The molecule has 0 bridgehead atoms. The maximum Gasteiger partial charge on any atom is 0.352 e. The molecule has 198 valence electrons. The van der Waals surface area contributed by atoms with Gasteiger partial charge in [0, 0.05) is 20.2 Å². The first kappa shape index (κ1) is 26.3. The Morgan fingerprint density at radius 1 is 1.16 bits per heavy atom. The van der Waals surface area contributed by atoms with Crippen molar-refractivity contribution in [2.24, 2.45) is 0 Å². The van der Waals surface area contributed by atoms with Crippen molar-refractivity contribution in [2.45, 2.75) is 25.9 Å². The second kappa shape index (κ2) is 11.5. The minimum atomic E-state index is -1.29. The van der Waals surface area contributed by atoms with Crippen molar-refractivity contribution in [3.8, 4) is 11.5 Å². The predicted octanol–water partition coefficient (Wildman–Crippen LogP) is 2.88. The van der Waals surface area contributed by atoms with E-state index in [-0.39, 0.29) is 17.6 Å². The van der Waals surface area contributed by atoms with Crippen LogP contribution in [0.5, 0.6) is 11.5 Å². The van der Waals surface area contributed by atoms with E-state index in [1.54, 1.807) is 24.1 Å². The molecule has 2 aromatic carbocycles. The molecule has 2 aliphatic rings. The first-order valence-corrected chi connectivity index (χ1v) is 12.1. The fourth-order valence-electron chi connectivity index (χ4n) is 5.04. The molecular formula is C27H31FN2O7. The highest BCUT2D eigenvalue weighted by atomic mass is 19.1. The number of aliphatic carboxylic acids is 2. The molecular weight excluding hydrogens is 483 g/mol. The monoisotopic (exact) mass is 514 g/mol. The zero-order valence-corrected chi connectivity index (χ0v) is 20.9. The van der Waals surface area contributed by atoms with Crippen LogP contribution in [0.15, 0.2) is 42.1 Å². The zero-order valence-electron chi connectivity index (χ0n) is 20.9. The van der Waals surface area contributed by atoms with Crippen LogP contribution in [0.25, 0.3) is 0 Å². The Kier molecular flexibility index (Phi) is 8.17. The molecule has 2 aliphatic heterocycles. The van der Waals surface area contributed by atoms with E-state index in [0.717, 1.165) is 34.2 Å². The number of carboxylic acid groups (broad SMARTS) is 2. The zero-order chi connectivity index (χ0) is 26.5. The van der Waals surface area contributed by atoms with Crippen molar-refractivity contribution in [1.29, 1.82) is 0 Å². The first-order chi connectivity index (χ1) is 17.8. The summed E-state index contributed by atoms with van der Waals surface area (Å²) in [7, 11) is 1.61. The van der Waals surface area contributed by atoms with Crippen LogP contribution < -0.4 is 14.4 Å². The number of carboxylic acids is 2. The quantitative estimate of drug-likeness (QED) is 0.488. The normalized spacial score (nSPS) is 16.2. The highest BCUT2D eigenvalue weighted by Gasteiger charge is 2.29. The molecule has 0 saturated heterocycles. The lowest BCUT2D eigenvalue weighted by Crippen LogP contribution is -2.42. The topological polar surface area (TPSA) is 109 Å². The molecule has 0 amide bonds. The Morgan fingerprint density at radius 3 is 2.57 bits per heavy atom. The maximum atomic E-state index is 13.3. The van der Waals surface area contributed by atoms with Gasteiger partial charge in [-0.05, 0) is 66.8 Å². The summed E-state index contributed by atoms with van der Waals surface area (Å²) in [6.07, 6.45) is 1.57. The van der Waals surface area contributed by atoms with Gasteiger partial charge in [0.2, 0.25) is 0 Å². The number of carbonyl (C=O) groups is 2. The van der Waals surface area contributed by atoms with Gasteiger partial charge in [-0.1, -0.05) is 0 Å². The number of methoxy groups -OCH3 is 1. The molecule has 2 N–H and O–H groups in total. The van der Waals surface area contributed by atoms with Gasteiger partial charge in [-0.15, -0.1) is 0 Å². The van der Waals surface area contributed by atoms with Crippen molar-refractivity contribution in [3.63, 3.8) is 0 Å². The van der Waals surface area contributed by atoms with Crippen LogP contribution >= 0.6 is 0 Å². The number of ether oxygens (including phenoxy) is 3. The Balaban J connectivity index is 1.58. The van der Waals surface area contributed by atoms with Crippen molar-refractivity contribution in [1.82, 2.24) is 4.90 Å². The lowest BCUT2D eigenvalue weighted by molar-refractivity contribution is -0.136. The summed E-state index contributed by atoms with van der Waals surface area (Å²) in [5.74, 6) is -1.57. The molecule has 0 saturated carbocycles. The molecule has 9 nitrogen and oxygen atoms in total. The second-order valence-electron chi connectivity index (χ2n) is 9.09. The third-order valence-electron chi connectivity index (χ3n) is 6.66. The number of hydrogen-bond acceptors (Lipinski definition) is 7. The van der Waals surface area contributed by atoms with Gasteiger partial charge in [0.1, 0.15) is 35.7 Å². The van der Waals surface area contributed by atoms with E-state index < -0.39 is 11.9 Å². The number of benzene rings is 2. The third kappa shape index (κ3) is 6.14. The Hall–Kier alpha value is -3.79. The molecule has 0 aromatic heterocycles. The first-order valence-electron chi connectivity index (χ1n) is 12.1. The van der Waals surface area contributed by atoms with Gasteiger partial charge >= 0.3 is 11.9 Å². The lowest BCUT2D eigenvalue weighted by Gasteiger charge is -2.36. The van der Waals surface area contributed by atoms with E-state index in [2.05, 4.69) is 4.90 Å². The molecule has 0 spiro atoms. The summed E-state index contributed by atoms with van der Waals surface area (Å²) in [5, 5.41) is 18.7.